The molecular weight excluding hydrogens is 247 g/mol. The average molecular weight is 258 g/mol. The van der Waals surface area contributed by atoms with Gasteiger partial charge in [-0.3, -0.25) is 9.78 Å². The van der Waals surface area contributed by atoms with Gasteiger partial charge >= 0.3 is 0 Å². The minimum atomic E-state index is -0.715. The van der Waals surface area contributed by atoms with Crippen LogP contribution in [0.2, 0.25) is 0 Å². The minimum Gasteiger partial charge on any atom is -0.507 e. The number of fused-ring (bicyclic) bond motifs is 1. The van der Waals surface area contributed by atoms with Crippen molar-refractivity contribution in [3.8, 4) is 5.75 Å². The van der Waals surface area contributed by atoms with Crippen molar-refractivity contribution in [2.45, 2.75) is 6.42 Å². The van der Waals surface area contributed by atoms with Crippen molar-refractivity contribution in [2.24, 2.45) is 0 Å². The minimum absolute atomic E-state index is 0.285. The molecule has 0 radical (unpaired) electrons. The molecule has 1 aliphatic rings. The highest BCUT2D eigenvalue weighted by molar-refractivity contribution is 6.09. The second kappa shape index (κ2) is 4.35. The number of benzene rings is 1. The van der Waals surface area contributed by atoms with Gasteiger partial charge in [0.25, 0.3) is 5.91 Å². The summed E-state index contributed by atoms with van der Waals surface area (Å²) in [7, 11) is 0. The quantitative estimate of drug-likeness (QED) is 0.852. The van der Waals surface area contributed by atoms with Gasteiger partial charge in [0, 0.05) is 18.9 Å². The molecule has 0 fully saturated rings. The highest BCUT2D eigenvalue weighted by atomic mass is 19.1. The lowest BCUT2D eigenvalue weighted by Gasteiger charge is -2.18. The number of anilines is 1. The van der Waals surface area contributed by atoms with Crippen molar-refractivity contribution in [1.82, 2.24) is 4.98 Å². The molecule has 0 spiro atoms. The number of aromatic hydroxyl groups is 1. The van der Waals surface area contributed by atoms with E-state index in [0.29, 0.717) is 13.0 Å². The van der Waals surface area contributed by atoms with Gasteiger partial charge in [0.15, 0.2) is 0 Å². The first kappa shape index (κ1) is 11.6. The van der Waals surface area contributed by atoms with Gasteiger partial charge in [-0.2, -0.15) is 0 Å². The number of rotatable bonds is 1. The second-order valence-electron chi connectivity index (χ2n) is 4.35. The predicted molar refractivity (Wildman–Crippen MR) is 67.7 cm³/mol. The van der Waals surface area contributed by atoms with Gasteiger partial charge in [-0.15, -0.1) is 0 Å². The number of carbonyl (C=O) groups is 1. The summed E-state index contributed by atoms with van der Waals surface area (Å²) >= 11 is 0. The number of nitrogens with zero attached hydrogens (tertiary/aromatic N) is 2. The van der Waals surface area contributed by atoms with Gasteiger partial charge in [0.1, 0.15) is 17.1 Å². The fraction of sp³-hybridized carbons (Fsp3) is 0.143. The highest BCUT2D eigenvalue weighted by Gasteiger charge is 2.28. The first-order valence-corrected chi connectivity index (χ1v) is 5.90. The van der Waals surface area contributed by atoms with Crippen LogP contribution in [0.5, 0.6) is 5.75 Å². The summed E-state index contributed by atoms with van der Waals surface area (Å²) in [6.45, 7) is 0.466. The van der Waals surface area contributed by atoms with E-state index in [0.717, 1.165) is 17.3 Å². The third-order valence-corrected chi connectivity index (χ3v) is 3.22. The zero-order valence-corrected chi connectivity index (χ0v) is 10.0. The summed E-state index contributed by atoms with van der Waals surface area (Å²) in [4.78, 5) is 17.8. The largest absolute Gasteiger partial charge is 0.507 e. The van der Waals surface area contributed by atoms with E-state index >= 15 is 0 Å². The summed E-state index contributed by atoms with van der Waals surface area (Å²) in [5.41, 5.74) is 1.39. The lowest BCUT2D eigenvalue weighted by Crippen LogP contribution is -2.29. The van der Waals surface area contributed by atoms with E-state index in [1.54, 1.807) is 18.5 Å². The highest BCUT2D eigenvalue weighted by Crippen LogP contribution is 2.30. The Kier molecular flexibility index (Phi) is 2.67. The molecular formula is C14H11FN2O2. The molecule has 0 saturated carbocycles. The summed E-state index contributed by atoms with van der Waals surface area (Å²) in [5.74, 6) is -1.58. The SMILES string of the molecule is O=C(c1c(O)cccc1F)N1CCc2cnccc21. The van der Waals surface area contributed by atoms with E-state index < -0.39 is 11.7 Å². The van der Waals surface area contributed by atoms with E-state index in [2.05, 4.69) is 4.98 Å². The number of phenols is 1. The lowest BCUT2D eigenvalue weighted by atomic mass is 10.1. The smallest absolute Gasteiger partial charge is 0.265 e. The number of hydrogen-bond acceptors (Lipinski definition) is 3. The molecule has 0 unspecified atom stereocenters. The molecule has 5 heteroatoms. The van der Waals surface area contributed by atoms with Crippen LogP contribution in [0.25, 0.3) is 0 Å². The van der Waals surface area contributed by atoms with Gasteiger partial charge in [0.2, 0.25) is 0 Å². The maximum Gasteiger partial charge on any atom is 0.265 e. The standard InChI is InChI=1S/C14H11FN2O2/c15-10-2-1-3-12(18)13(10)14(19)17-7-5-9-8-16-6-4-11(9)17/h1-4,6,8,18H,5,7H2. The second-order valence-corrected chi connectivity index (χ2v) is 4.35. The Morgan fingerprint density at radius 1 is 1.37 bits per heavy atom. The fourth-order valence-electron chi connectivity index (χ4n) is 2.30. The maximum absolute atomic E-state index is 13.7. The molecule has 1 N–H and O–H groups in total. The number of carbonyl (C=O) groups excluding carboxylic acids is 1. The summed E-state index contributed by atoms with van der Waals surface area (Å²) < 4.78 is 13.7. The normalized spacial score (nSPS) is 13.4. The van der Waals surface area contributed by atoms with Crippen molar-refractivity contribution in [1.29, 1.82) is 0 Å². The Bertz CT molecular complexity index is 637. The number of hydrogen-bond donors (Lipinski definition) is 1. The maximum atomic E-state index is 13.7. The van der Waals surface area contributed by atoms with Crippen LogP contribution in [0, 0.1) is 5.82 Å². The summed E-state index contributed by atoms with van der Waals surface area (Å²) in [5, 5.41) is 9.67. The van der Waals surface area contributed by atoms with Crippen molar-refractivity contribution >= 4 is 11.6 Å². The molecule has 1 aliphatic heterocycles. The molecule has 2 aromatic rings. The van der Waals surface area contributed by atoms with Gasteiger partial charge in [-0.25, -0.2) is 4.39 Å². The summed E-state index contributed by atoms with van der Waals surface area (Å²) in [6.07, 6.45) is 3.97. The van der Waals surface area contributed by atoms with E-state index in [1.165, 1.54) is 17.0 Å². The Labute approximate surface area is 109 Å². The molecule has 1 aromatic carbocycles. The van der Waals surface area contributed by atoms with Crippen LogP contribution in [0.4, 0.5) is 10.1 Å². The van der Waals surface area contributed by atoms with E-state index in [4.69, 9.17) is 0 Å². The van der Waals surface area contributed by atoms with Crippen molar-refractivity contribution in [3.63, 3.8) is 0 Å². The third-order valence-electron chi connectivity index (χ3n) is 3.22. The van der Waals surface area contributed by atoms with Crippen LogP contribution in [0.15, 0.2) is 36.7 Å². The molecule has 1 amide bonds. The van der Waals surface area contributed by atoms with Gasteiger partial charge in [-0.1, -0.05) is 6.07 Å². The molecule has 1 aromatic heterocycles. The van der Waals surface area contributed by atoms with E-state index in [-0.39, 0.29) is 11.3 Å². The number of halogens is 1. The van der Waals surface area contributed by atoms with Gasteiger partial charge in [0.05, 0.1) is 5.69 Å². The molecule has 0 saturated heterocycles. The van der Waals surface area contributed by atoms with Gasteiger partial charge in [-0.05, 0) is 30.2 Å². The molecule has 2 heterocycles. The zero-order chi connectivity index (χ0) is 13.4. The van der Waals surface area contributed by atoms with E-state index in [1.807, 2.05) is 0 Å². The molecule has 4 nitrogen and oxygen atoms in total. The molecule has 0 aliphatic carbocycles. The van der Waals surface area contributed by atoms with Gasteiger partial charge < -0.3 is 10.0 Å². The first-order chi connectivity index (χ1) is 9.18. The molecule has 0 bridgehead atoms. The van der Waals surface area contributed by atoms with Crippen LogP contribution in [-0.4, -0.2) is 22.5 Å². The molecule has 96 valence electrons. The number of aromatic nitrogens is 1. The van der Waals surface area contributed by atoms with E-state index in [9.17, 15) is 14.3 Å². The Balaban J connectivity index is 2.03. The fourth-order valence-corrected chi connectivity index (χ4v) is 2.30. The van der Waals surface area contributed by atoms with Crippen LogP contribution in [0.3, 0.4) is 0 Å². The summed E-state index contributed by atoms with van der Waals surface area (Å²) in [6, 6.07) is 5.55. The van der Waals surface area contributed by atoms with Crippen molar-refractivity contribution < 1.29 is 14.3 Å². The van der Waals surface area contributed by atoms with Crippen molar-refractivity contribution in [2.75, 3.05) is 11.4 Å². The van der Waals surface area contributed by atoms with Crippen molar-refractivity contribution in [3.05, 3.63) is 53.6 Å². The van der Waals surface area contributed by atoms with Crippen LogP contribution < -0.4 is 4.90 Å². The Hall–Kier alpha value is -2.43. The molecule has 0 atom stereocenters. The molecule has 19 heavy (non-hydrogen) atoms. The third kappa shape index (κ3) is 1.83. The monoisotopic (exact) mass is 258 g/mol. The number of phenolic OH excluding ortho intramolecular Hbond substituents is 1. The Morgan fingerprint density at radius 3 is 3.00 bits per heavy atom. The number of pyridine rings is 1. The van der Waals surface area contributed by atoms with Crippen LogP contribution in [-0.2, 0) is 6.42 Å². The zero-order valence-electron chi connectivity index (χ0n) is 10.0. The predicted octanol–water partition coefficient (Wildman–Crippen LogP) is 2.13. The number of amides is 1. The van der Waals surface area contributed by atoms with Crippen LogP contribution >= 0.6 is 0 Å². The topological polar surface area (TPSA) is 53.4 Å². The Morgan fingerprint density at radius 2 is 2.21 bits per heavy atom. The lowest BCUT2D eigenvalue weighted by molar-refractivity contribution is 0.0982. The average Bonchev–Trinajstić information content (AvgIpc) is 2.82. The van der Waals surface area contributed by atoms with Crippen LogP contribution in [0.1, 0.15) is 15.9 Å². The molecule has 3 rings (SSSR count). The first-order valence-electron chi connectivity index (χ1n) is 5.90.